The topological polar surface area (TPSA) is 76.4 Å². The number of nitriles is 1. The Hall–Kier alpha value is -1.93. The molecule has 1 fully saturated rings. The summed E-state index contributed by atoms with van der Waals surface area (Å²) in [5.74, 6) is -0.601. The number of rotatable bonds is 4. The zero-order chi connectivity index (χ0) is 16.2. The molecule has 0 radical (unpaired) electrons. The van der Waals surface area contributed by atoms with Crippen LogP contribution in [0.3, 0.4) is 0 Å². The van der Waals surface area contributed by atoms with E-state index in [9.17, 15) is 14.9 Å². The fourth-order valence-corrected chi connectivity index (χ4v) is 3.26. The van der Waals surface area contributed by atoms with Crippen LogP contribution in [0.2, 0.25) is 0 Å². The standard InChI is InChI=1S/C17H21NO4/c1-3-22-16(12-18)10-7-13(8-11-16)17(15(20)21-2)9-5-4-6-14(17)19/h7-8,10H,3-6,9,11H2,1-2H3. The van der Waals surface area contributed by atoms with Gasteiger partial charge in [0.2, 0.25) is 0 Å². The number of esters is 1. The molecule has 0 N–H and O–H groups in total. The maximum absolute atomic E-state index is 12.5. The van der Waals surface area contributed by atoms with Crippen molar-refractivity contribution in [1.82, 2.24) is 0 Å². The molecule has 0 aromatic carbocycles. The highest BCUT2D eigenvalue weighted by Crippen LogP contribution is 2.44. The van der Waals surface area contributed by atoms with Gasteiger partial charge in [0, 0.05) is 19.4 Å². The van der Waals surface area contributed by atoms with E-state index in [-0.39, 0.29) is 5.78 Å². The first-order chi connectivity index (χ1) is 10.5. The molecule has 0 saturated heterocycles. The highest BCUT2D eigenvalue weighted by atomic mass is 16.5. The van der Waals surface area contributed by atoms with Gasteiger partial charge in [-0.15, -0.1) is 0 Å². The number of carbonyl (C=O) groups excluding carboxylic acids is 2. The summed E-state index contributed by atoms with van der Waals surface area (Å²) in [6.45, 7) is 2.24. The second-order valence-corrected chi connectivity index (χ2v) is 5.66. The Morgan fingerprint density at radius 3 is 2.73 bits per heavy atom. The Morgan fingerprint density at radius 1 is 1.45 bits per heavy atom. The van der Waals surface area contributed by atoms with Crippen LogP contribution in [-0.4, -0.2) is 31.1 Å². The van der Waals surface area contributed by atoms with Crippen LogP contribution in [0, 0.1) is 16.7 Å². The molecule has 2 aliphatic carbocycles. The molecule has 0 spiro atoms. The molecule has 2 unspecified atom stereocenters. The van der Waals surface area contributed by atoms with E-state index in [1.807, 2.05) is 6.92 Å². The molecular weight excluding hydrogens is 282 g/mol. The predicted molar refractivity (Wildman–Crippen MR) is 79.7 cm³/mol. The molecular formula is C17H21NO4. The lowest BCUT2D eigenvalue weighted by atomic mass is 9.66. The Kier molecular flexibility index (Phi) is 4.82. The van der Waals surface area contributed by atoms with E-state index in [0.29, 0.717) is 31.4 Å². The van der Waals surface area contributed by atoms with Gasteiger partial charge < -0.3 is 9.47 Å². The van der Waals surface area contributed by atoms with E-state index in [2.05, 4.69) is 6.07 Å². The Balaban J connectivity index is 2.36. The first-order valence-electron chi connectivity index (χ1n) is 7.61. The summed E-state index contributed by atoms with van der Waals surface area (Å²) >= 11 is 0. The summed E-state index contributed by atoms with van der Waals surface area (Å²) in [6, 6.07) is 2.15. The summed E-state index contributed by atoms with van der Waals surface area (Å²) in [6.07, 6.45) is 7.89. The van der Waals surface area contributed by atoms with Crippen LogP contribution in [0.25, 0.3) is 0 Å². The Labute approximate surface area is 130 Å². The third-order valence-electron chi connectivity index (χ3n) is 4.46. The summed E-state index contributed by atoms with van der Waals surface area (Å²) in [5, 5.41) is 9.33. The molecule has 0 aromatic heterocycles. The fourth-order valence-electron chi connectivity index (χ4n) is 3.26. The van der Waals surface area contributed by atoms with Crippen molar-refractivity contribution in [2.24, 2.45) is 5.41 Å². The number of hydrogen-bond donors (Lipinski definition) is 0. The number of allylic oxidation sites excluding steroid dienone is 1. The maximum atomic E-state index is 12.5. The van der Waals surface area contributed by atoms with Crippen LogP contribution in [0.4, 0.5) is 0 Å². The third-order valence-corrected chi connectivity index (χ3v) is 4.46. The molecule has 2 atom stereocenters. The monoisotopic (exact) mass is 303 g/mol. The van der Waals surface area contributed by atoms with Crippen molar-refractivity contribution in [3.8, 4) is 6.07 Å². The second-order valence-electron chi connectivity index (χ2n) is 5.66. The van der Waals surface area contributed by atoms with Gasteiger partial charge in [-0.25, -0.2) is 0 Å². The Morgan fingerprint density at radius 2 is 2.23 bits per heavy atom. The van der Waals surface area contributed by atoms with Crippen molar-refractivity contribution < 1.29 is 19.1 Å². The maximum Gasteiger partial charge on any atom is 0.323 e. The SMILES string of the molecule is CCOC1(C#N)C=CC(C2(C(=O)OC)CCCCC2=O)=CC1. The zero-order valence-corrected chi connectivity index (χ0v) is 13.1. The molecule has 22 heavy (non-hydrogen) atoms. The molecule has 0 aliphatic heterocycles. The quantitative estimate of drug-likeness (QED) is 0.589. The fraction of sp³-hybridized carbons (Fsp3) is 0.588. The summed E-state index contributed by atoms with van der Waals surface area (Å²) in [7, 11) is 1.30. The normalized spacial score (nSPS) is 31.3. The van der Waals surface area contributed by atoms with Gasteiger partial charge in [0.15, 0.2) is 16.8 Å². The van der Waals surface area contributed by atoms with Crippen LogP contribution in [0.15, 0.2) is 23.8 Å². The number of hydrogen-bond acceptors (Lipinski definition) is 5. The first-order valence-corrected chi connectivity index (χ1v) is 7.61. The average molecular weight is 303 g/mol. The molecule has 0 bridgehead atoms. The molecule has 1 saturated carbocycles. The molecule has 5 heteroatoms. The van der Waals surface area contributed by atoms with Gasteiger partial charge in [-0.3, -0.25) is 9.59 Å². The number of methoxy groups -OCH3 is 1. The summed E-state index contributed by atoms with van der Waals surface area (Å²) in [5.41, 5.74) is -1.58. The lowest BCUT2D eigenvalue weighted by Crippen LogP contribution is -2.45. The average Bonchev–Trinajstić information content (AvgIpc) is 2.56. The Bertz CT molecular complexity index is 562. The van der Waals surface area contributed by atoms with E-state index in [1.54, 1.807) is 18.2 Å². The molecule has 2 rings (SSSR count). The number of nitrogens with zero attached hydrogens (tertiary/aromatic N) is 1. The minimum atomic E-state index is -1.21. The predicted octanol–water partition coefficient (Wildman–Crippen LogP) is 2.47. The molecule has 2 aliphatic rings. The largest absolute Gasteiger partial charge is 0.468 e. The highest BCUT2D eigenvalue weighted by molar-refractivity contribution is 6.08. The van der Waals surface area contributed by atoms with Gasteiger partial charge in [0.05, 0.1) is 7.11 Å². The van der Waals surface area contributed by atoms with Crippen molar-refractivity contribution in [2.75, 3.05) is 13.7 Å². The van der Waals surface area contributed by atoms with Crippen molar-refractivity contribution in [3.05, 3.63) is 23.8 Å². The lowest BCUT2D eigenvalue weighted by molar-refractivity contribution is -0.157. The van der Waals surface area contributed by atoms with Crippen molar-refractivity contribution in [1.29, 1.82) is 5.26 Å². The lowest BCUT2D eigenvalue weighted by Gasteiger charge is -2.36. The van der Waals surface area contributed by atoms with Crippen LogP contribution >= 0.6 is 0 Å². The van der Waals surface area contributed by atoms with Crippen LogP contribution in [0.5, 0.6) is 0 Å². The van der Waals surface area contributed by atoms with E-state index >= 15 is 0 Å². The van der Waals surface area contributed by atoms with Crippen LogP contribution in [-0.2, 0) is 19.1 Å². The number of Topliss-reactive ketones (excluding diaryl/α,β-unsaturated/α-hetero) is 1. The minimum Gasteiger partial charge on any atom is -0.468 e. The van der Waals surface area contributed by atoms with Gasteiger partial charge in [-0.05, 0) is 31.4 Å². The molecule has 5 nitrogen and oxygen atoms in total. The second kappa shape index (κ2) is 6.45. The van der Waals surface area contributed by atoms with E-state index in [0.717, 1.165) is 12.8 Å². The smallest absolute Gasteiger partial charge is 0.323 e. The van der Waals surface area contributed by atoms with Crippen molar-refractivity contribution in [2.45, 2.75) is 44.6 Å². The number of ether oxygens (including phenoxy) is 2. The first kappa shape index (κ1) is 16.4. The van der Waals surface area contributed by atoms with Gasteiger partial charge in [-0.2, -0.15) is 5.26 Å². The number of carbonyl (C=O) groups is 2. The van der Waals surface area contributed by atoms with Crippen LogP contribution < -0.4 is 0 Å². The van der Waals surface area contributed by atoms with E-state index in [1.165, 1.54) is 7.11 Å². The van der Waals surface area contributed by atoms with Gasteiger partial charge >= 0.3 is 5.97 Å². The van der Waals surface area contributed by atoms with E-state index in [4.69, 9.17) is 9.47 Å². The number of ketones is 1. The summed E-state index contributed by atoms with van der Waals surface area (Å²) in [4.78, 5) is 24.8. The molecule has 118 valence electrons. The molecule has 0 aromatic rings. The highest BCUT2D eigenvalue weighted by Gasteiger charge is 2.50. The van der Waals surface area contributed by atoms with Gasteiger partial charge in [-0.1, -0.05) is 18.6 Å². The van der Waals surface area contributed by atoms with Gasteiger partial charge in [0.25, 0.3) is 0 Å². The summed E-state index contributed by atoms with van der Waals surface area (Å²) < 4.78 is 10.4. The third kappa shape index (κ3) is 2.59. The minimum absolute atomic E-state index is 0.0950. The van der Waals surface area contributed by atoms with Crippen molar-refractivity contribution in [3.63, 3.8) is 0 Å². The van der Waals surface area contributed by atoms with Crippen LogP contribution in [0.1, 0.15) is 39.0 Å². The molecule has 0 heterocycles. The van der Waals surface area contributed by atoms with Crippen molar-refractivity contribution >= 4 is 11.8 Å². The van der Waals surface area contributed by atoms with Gasteiger partial charge in [0.1, 0.15) is 6.07 Å². The zero-order valence-electron chi connectivity index (χ0n) is 13.1. The molecule has 0 amide bonds. The van der Waals surface area contributed by atoms with E-state index < -0.39 is 17.0 Å².